The topological polar surface area (TPSA) is 79.5 Å². The second-order valence-corrected chi connectivity index (χ2v) is 5.67. The summed E-state index contributed by atoms with van der Waals surface area (Å²) < 4.78 is 1.72. The molecule has 2 aromatic rings. The molecule has 1 amide bonds. The van der Waals surface area contributed by atoms with Crippen LogP contribution in [0.1, 0.15) is 37.2 Å². The summed E-state index contributed by atoms with van der Waals surface area (Å²) in [6, 6.07) is 1.79. The minimum Gasteiger partial charge on any atom is -0.396 e. The number of aliphatic hydroxyl groups is 1. The summed E-state index contributed by atoms with van der Waals surface area (Å²) in [4.78, 5) is 20.4. The minimum atomic E-state index is -0.202. The molecular formula is C15H22N4O2. The normalized spacial score (nSPS) is 12.8. The third kappa shape index (κ3) is 4.26. The average Bonchev–Trinajstić information content (AvgIpc) is 2.88. The zero-order valence-electron chi connectivity index (χ0n) is 12.5. The summed E-state index contributed by atoms with van der Waals surface area (Å²) in [6.45, 7) is 4.98. The standard InChI is InChI=1S/C15H22N4O2/c1-11(2)8-12(4-7-20)9-17-14(21)13-10-19-6-3-5-16-15(19)18-13/h3,5-6,10-12,20H,4,7-9H2,1-2H3,(H,17,21). The van der Waals surface area contributed by atoms with Gasteiger partial charge in [0.1, 0.15) is 5.69 Å². The van der Waals surface area contributed by atoms with Gasteiger partial charge in [-0.2, -0.15) is 0 Å². The van der Waals surface area contributed by atoms with Gasteiger partial charge in [-0.1, -0.05) is 13.8 Å². The molecule has 2 heterocycles. The number of carbonyl (C=O) groups is 1. The van der Waals surface area contributed by atoms with Crippen molar-refractivity contribution in [2.24, 2.45) is 11.8 Å². The summed E-state index contributed by atoms with van der Waals surface area (Å²) in [6.07, 6.45) is 6.79. The van der Waals surface area contributed by atoms with Gasteiger partial charge in [0.15, 0.2) is 0 Å². The van der Waals surface area contributed by atoms with Crippen molar-refractivity contribution >= 4 is 11.7 Å². The predicted molar refractivity (Wildman–Crippen MR) is 80.0 cm³/mol. The number of fused-ring (bicyclic) bond motifs is 1. The maximum absolute atomic E-state index is 12.1. The van der Waals surface area contributed by atoms with E-state index >= 15 is 0 Å². The van der Waals surface area contributed by atoms with E-state index in [-0.39, 0.29) is 18.4 Å². The van der Waals surface area contributed by atoms with Crippen molar-refractivity contribution in [2.45, 2.75) is 26.7 Å². The molecule has 6 nitrogen and oxygen atoms in total. The lowest BCUT2D eigenvalue weighted by Crippen LogP contribution is -2.30. The van der Waals surface area contributed by atoms with Crippen molar-refractivity contribution in [3.8, 4) is 0 Å². The first kappa shape index (κ1) is 15.4. The first-order valence-electron chi connectivity index (χ1n) is 7.29. The van der Waals surface area contributed by atoms with E-state index in [0.29, 0.717) is 30.4 Å². The zero-order valence-corrected chi connectivity index (χ0v) is 12.5. The van der Waals surface area contributed by atoms with E-state index in [9.17, 15) is 4.79 Å². The largest absolute Gasteiger partial charge is 0.396 e. The maximum atomic E-state index is 12.1. The molecule has 2 N–H and O–H groups in total. The summed E-state index contributed by atoms with van der Waals surface area (Å²) in [7, 11) is 0. The van der Waals surface area contributed by atoms with Gasteiger partial charge in [0.2, 0.25) is 5.78 Å². The molecule has 0 radical (unpaired) electrons. The lowest BCUT2D eigenvalue weighted by molar-refractivity contribution is 0.0937. The Morgan fingerprint density at radius 3 is 2.95 bits per heavy atom. The number of imidazole rings is 1. The summed E-state index contributed by atoms with van der Waals surface area (Å²) in [5.74, 6) is 1.14. The van der Waals surface area contributed by atoms with Crippen molar-refractivity contribution in [3.05, 3.63) is 30.4 Å². The average molecular weight is 290 g/mol. The van der Waals surface area contributed by atoms with Crippen LogP contribution >= 0.6 is 0 Å². The van der Waals surface area contributed by atoms with Crippen LogP contribution in [0.5, 0.6) is 0 Å². The molecule has 0 saturated carbocycles. The van der Waals surface area contributed by atoms with Gasteiger partial charge in [-0.05, 0) is 30.7 Å². The third-order valence-electron chi connectivity index (χ3n) is 3.36. The second-order valence-electron chi connectivity index (χ2n) is 5.67. The highest BCUT2D eigenvalue weighted by Gasteiger charge is 2.15. The number of carbonyl (C=O) groups excluding carboxylic acids is 1. The van der Waals surface area contributed by atoms with E-state index in [1.165, 1.54) is 0 Å². The number of aromatic nitrogens is 3. The Labute approximate surface area is 124 Å². The molecule has 0 aromatic carbocycles. The van der Waals surface area contributed by atoms with Crippen molar-refractivity contribution in [2.75, 3.05) is 13.2 Å². The van der Waals surface area contributed by atoms with Crippen LogP contribution in [0, 0.1) is 11.8 Å². The van der Waals surface area contributed by atoms with Crippen LogP contribution < -0.4 is 5.32 Å². The van der Waals surface area contributed by atoms with Gasteiger partial charge in [0.25, 0.3) is 5.91 Å². The lowest BCUT2D eigenvalue weighted by Gasteiger charge is -2.18. The first-order valence-corrected chi connectivity index (χ1v) is 7.29. The zero-order chi connectivity index (χ0) is 15.2. The SMILES string of the molecule is CC(C)CC(CCO)CNC(=O)c1cn2cccnc2n1. The van der Waals surface area contributed by atoms with Crippen molar-refractivity contribution in [3.63, 3.8) is 0 Å². The molecule has 21 heavy (non-hydrogen) atoms. The molecule has 6 heteroatoms. The minimum absolute atomic E-state index is 0.144. The predicted octanol–water partition coefficient (Wildman–Crippen LogP) is 1.50. The Kier molecular flexibility index (Phi) is 5.27. The third-order valence-corrected chi connectivity index (χ3v) is 3.36. The fraction of sp³-hybridized carbons (Fsp3) is 0.533. The van der Waals surface area contributed by atoms with Crippen molar-refractivity contribution in [1.29, 1.82) is 0 Å². The van der Waals surface area contributed by atoms with Crippen LogP contribution in [0.4, 0.5) is 0 Å². The highest BCUT2D eigenvalue weighted by molar-refractivity contribution is 5.92. The van der Waals surface area contributed by atoms with E-state index in [4.69, 9.17) is 5.11 Å². The molecule has 0 aliphatic rings. The number of rotatable bonds is 7. The number of nitrogens with one attached hydrogen (secondary N) is 1. The van der Waals surface area contributed by atoms with Crippen molar-refractivity contribution in [1.82, 2.24) is 19.7 Å². The van der Waals surface area contributed by atoms with Crippen LogP contribution in [0.15, 0.2) is 24.7 Å². The molecular weight excluding hydrogens is 268 g/mol. The van der Waals surface area contributed by atoms with Crippen LogP contribution in [0.3, 0.4) is 0 Å². The second kappa shape index (κ2) is 7.17. The van der Waals surface area contributed by atoms with Crippen molar-refractivity contribution < 1.29 is 9.90 Å². The number of hydrogen-bond acceptors (Lipinski definition) is 4. The highest BCUT2D eigenvalue weighted by atomic mass is 16.3. The molecule has 2 rings (SSSR count). The molecule has 0 aliphatic heterocycles. The highest BCUT2D eigenvalue weighted by Crippen LogP contribution is 2.14. The molecule has 0 bridgehead atoms. The van der Waals surface area contributed by atoms with Gasteiger partial charge in [-0.25, -0.2) is 9.97 Å². The van der Waals surface area contributed by atoms with E-state index in [0.717, 1.165) is 6.42 Å². The fourth-order valence-corrected chi connectivity index (χ4v) is 2.42. The van der Waals surface area contributed by atoms with Gasteiger partial charge in [0.05, 0.1) is 0 Å². The van der Waals surface area contributed by atoms with E-state index in [1.807, 2.05) is 0 Å². The van der Waals surface area contributed by atoms with Gasteiger partial charge >= 0.3 is 0 Å². The Bertz CT molecular complexity index is 561. The van der Waals surface area contributed by atoms with E-state index < -0.39 is 0 Å². The number of hydrogen-bond donors (Lipinski definition) is 2. The number of amides is 1. The first-order chi connectivity index (χ1) is 10.1. The number of aliphatic hydroxyl groups excluding tert-OH is 1. The van der Waals surface area contributed by atoms with Crippen LogP contribution in [0.2, 0.25) is 0 Å². The van der Waals surface area contributed by atoms with Gasteiger partial charge in [-0.3, -0.25) is 9.20 Å². The lowest BCUT2D eigenvalue weighted by atomic mass is 9.94. The van der Waals surface area contributed by atoms with E-state index in [1.54, 1.807) is 29.1 Å². The van der Waals surface area contributed by atoms with Crippen LogP contribution in [-0.2, 0) is 0 Å². The van der Waals surface area contributed by atoms with Gasteiger partial charge < -0.3 is 10.4 Å². The molecule has 0 fully saturated rings. The van der Waals surface area contributed by atoms with E-state index in [2.05, 4.69) is 29.1 Å². The fourth-order valence-electron chi connectivity index (χ4n) is 2.42. The molecule has 0 aliphatic carbocycles. The summed E-state index contributed by atoms with van der Waals surface area (Å²) in [5, 5.41) is 12.0. The van der Waals surface area contributed by atoms with Crippen LogP contribution in [-0.4, -0.2) is 38.5 Å². The Morgan fingerprint density at radius 2 is 2.29 bits per heavy atom. The van der Waals surface area contributed by atoms with Gasteiger partial charge in [0, 0.05) is 31.7 Å². The molecule has 114 valence electrons. The Hall–Kier alpha value is -1.95. The monoisotopic (exact) mass is 290 g/mol. The maximum Gasteiger partial charge on any atom is 0.271 e. The van der Waals surface area contributed by atoms with Gasteiger partial charge in [-0.15, -0.1) is 0 Å². The summed E-state index contributed by atoms with van der Waals surface area (Å²) in [5.41, 5.74) is 0.362. The van der Waals surface area contributed by atoms with Crippen LogP contribution in [0.25, 0.3) is 5.78 Å². The molecule has 2 aromatic heterocycles. The summed E-state index contributed by atoms with van der Waals surface area (Å²) >= 11 is 0. The quantitative estimate of drug-likeness (QED) is 0.810. The Morgan fingerprint density at radius 1 is 1.48 bits per heavy atom. The smallest absolute Gasteiger partial charge is 0.271 e. The molecule has 0 spiro atoms. The molecule has 1 atom stereocenters. The number of nitrogens with zero attached hydrogens (tertiary/aromatic N) is 3. The molecule has 1 unspecified atom stereocenters. The molecule has 0 saturated heterocycles. The Balaban J connectivity index is 1.96.